The lowest BCUT2D eigenvalue weighted by molar-refractivity contribution is 0.547. The summed E-state index contributed by atoms with van der Waals surface area (Å²) in [6.45, 7) is 1.08. The Hall–Kier alpha value is 0.200. The standard InChI is InChI=1S/C5H10N2.HI/c1-7-4-2-3-5(7)6;/h6H,2-4H2,1H3;1H. The Balaban J connectivity index is 0.000000490. The summed E-state index contributed by atoms with van der Waals surface area (Å²) in [7, 11) is 1.97. The molecular formula is C5H11IN2. The number of hydrogen-bond donors (Lipinski definition) is 1. The van der Waals surface area contributed by atoms with Crippen molar-refractivity contribution >= 4 is 29.8 Å². The van der Waals surface area contributed by atoms with Gasteiger partial charge in [-0.2, -0.15) is 0 Å². The Bertz CT molecular complexity index is 92.4. The van der Waals surface area contributed by atoms with Crippen LogP contribution in [0.15, 0.2) is 0 Å². The molecule has 0 aromatic carbocycles. The van der Waals surface area contributed by atoms with Crippen LogP contribution in [-0.2, 0) is 0 Å². The summed E-state index contributed by atoms with van der Waals surface area (Å²) in [5.41, 5.74) is 0. The zero-order chi connectivity index (χ0) is 5.28. The largest absolute Gasteiger partial charge is 0.364 e. The van der Waals surface area contributed by atoms with Crippen LogP contribution < -0.4 is 0 Å². The Morgan fingerprint density at radius 2 is 2.25 bits per heavy atom. The van der Waals surface area contributed by atoms with Crippen molar-refractivity contribution in [3.8, 4) is 0 Å². The van der Waals surface area contributed by atoms with E-state index in [4.69, 9.17) is 5.41 Å². The minimum absolute atomic E-state index is 0. The molecule has 0 bridgehead atoms. The van der Waals surface area contributed by atoms with Crippen LogP contribution in [0.1, 0.15) is 12.8 Å². The Morgan fingerprint density at radius 1 is 1.62 bits per heavy atom. The summed E-state index contributed by atoms with van der Waals surface area (Å²) in [6.07, 6.45) is 2.16. The fraction of sp³-hybridized carbons (Fsp3) is 0.800. The van der Waals surface area contributed by atoms with Crippen molar-refractivity contribution in [2.45, 2.75) is 12.8 Å². The molecule has 0 spiro atoms. The van der Waals surface area contributed by atoms with E-state index in [1.165, 1.54) is 6.42 Å². The topological polar surface area (TPSA) is 27.1 Å². The Morgan fingerprint density at radius 3 is 2.38 bits per heavy atom. The van der Waals surface area contributed by atoms with Gasteiger partial charge in [-0.25, -0.2) is 0 Å². The minimum atomic E-state index is 0. The summed E-state index contributed by atoms with van der Waals surface area (Å²) < 4.78 is 0. The maximum Gasteiger partial charge on any atom is 0.0955 e. The van der Waals surface area contributed by atoms with Crippen molar-refractivity contribution in [2.24, 2.45) is 0 Å². The van der Waals surface area contributed by atoms with E-state index in [9.17, 15) is 0 Å². The third-order valence-corrected chi connectivity index (χ3v) is 1.37. The summed E-state index contributed by atoms with van der Waals surface area (Å²) in [4.78, 5) is 1.99. The van der Waals surface area contributed by atoms with Crippen molar-refractivity contribution < 1.29 is 0 Å². The molecule has 0 aliphatic carbocycles. The summed E-state index contributed by atoms with van der Waals surface area (Å²) >= 11 is 0. The van der Waals surface area contributed by atoms with Gasteiger partial charge in [0.1, 0.15) is 0 Å². The first kappa shape index (κ1) is 8.20. The SMILES string of the molecule is CN1CCCC1=N.I. The molecule has 1 rings (SSSR count). The van der Waals surface area contributed by atoms with Crippen LogP contribution >= 0.6 is 24.0 Å². The van der Waals surface area contributed by atoms with Gasteiger partial charge in [-0.3, -0.25) is 5.41 Å². The molecule has 1 saturated heterocycles. The van der Waals surface area contributed by atoms with E-state index < -0.39 is 0 Å². The number of amidine groups is 1. The summed E-state index contributed by atoms with van der Waals surface area (Å²) in [5.74, 6) is 0.792. The maximum absolute atomic E-state index is 7.18. The molecule has 48 valence electrons. The fourth-order valence-corrected chi connectivity index (χ4v) is 0.809. The van der Waals surface area contributed by atoms with Gasteiger partial charge >= 0.3 is 0 Å². The molecule has 3 heteroatoms. The van der Waals surface area contributed by atoms with E-state index in [0.717, 1.165) is 18.8 Å². The molecule has 1 fully saturated rings. The molecule has 1 N–H and O–H groups in total. The van der Waals surface area contributed by atoms with Gasteiger partial charge < -0.3 is 4.90 Å². The van der Waals surface area contributed by atoms with E-state index in [-0.39, 0.29) is 24.0 Å². The first-order valence-corrected chi connectivity index (χ1v) is 2.59. The van der Waals surface area contributed by atoms with Crippen molar-refractivity contribution in [3.05, 3.63) is 0 Å². The van der Waals surface area contributed by atoms with Crippen LogP contribution in [0, 0.1) is 5.41 Å². The van der Waals surface area contributed by atoms with Gasteiger partial charge in [-0.15, -0.1) is 24.0 Å². The van der Waals surface area contributed by atoms with Crippen LogP contribution in [0.3, 0.4) is 0 Å². The number of hydrogen-bond acceptors (Lipinski definition) is 1. The third kappa shape index (κ3) is 1.61. The quantitative estimate of drug-likeness (QED) is 0.619. The number of nitrogens with zero attached hydrogens (tertiary/aromatic N) is 1. The molecule has 8 heavy (non-hydrogen) atoms. The van der Waals surface area contributed by atoms with Gasteiger partial charge in [-0.1, -0.05) is 0 Å². The number of rotatable bonds is 0. The van der Waals surface area contributed by atoms with Gasteiger partial charge in [0.05, 0.1) is 5.84 Å². The van der Waals surface area contributed by atoms with Crippen LogP contribution in [-0.4, -0.2) is 24.3 Å². The molecule has 0 unspecified atom stereocenters. The van der Waals surface area contributed by atoms with Gasteiger partial charge in [0.25, 0.3) is 0 Å². The highest BCUT2D eigenvalue weighted by atomic mass is 127. The normalized spacial score (nSPS) is 18.6. The molecule has 1 aliphatic rings. The molecule has 0 radical (unpaired) electrons. The second-order valence-corrected chi connectivity index (χ2v) is 1.97. The van der Waals surface area contributed by atoms with E-state index in [1.807, 2.05) is 11.9 Å². The lowest BCUT2D eigenvalue weighted by atomic mass is 10.4. The molecule has 1 aliphatic heterocycles. The summed E-state index contributed by atoms with van der Waals surface area (Å²) in [5, 5.41) is 7.18. The van der Waals surface area contributed by atoms with Crippen molar-refractivity contribution in [1.82, 2.24) is 4.90 Å². The van der Waals surface area contributed by atoms with Gasteiger partial charge in [-0.05, 0) is 6.42 Å². The van der Waals surface area contributed by atoms with E-state index >= 15 is 0 Å². The number of halogens is 1. The second kappa shape index (κ2) is 3.27. The first-order chi connectivity index (χ1) is 3.30. The maximum atomic E-state index is 7.18. The third-order valence-electron chi connectivity index (χ3n) is 1.37. The molecule has 0 saturated carbocycles. The Kier molecular flexibility index (Phi) is 3.35. The molecule has 0 aromatic heterocycles. The average Bonchev–Trinajstić information content (AvgIpc) is 1.91. The highest BCUT2D eigenvalue weighted by Gasteiger charge is 2.10. The molecular weight excluding hydrogens is 215 g/mol. The monoisotopic (exact) mass is 226 g/mol. The number of nitrogens with one attached hydrogen (secondary N) is 1. The van der Waals surface area contributed by atoms with E-state index in [1.54, 1.807) is 0 Å². The molecule has 1 heterocycles. The van der Waals surface area contributed by atoms with E-state index in [0.29, 0.717) is 0 Å². The molecule has 0 amide bonds. The van der Waals surface area contributed by atoms with Gasteiger partial charge in [0.2, 0.25) is 0 Å². The molecule has 0 aromatic rings. The smallest absolute Gasteiger partial charge is 0.0955 e. The zero-order valence-corrected chi connectivity index (χ0v) is 7.31. The van der Waals surface area contributed by atoms with Crippen LogP contribution in [0.4, 0.5) is 0 Å². The highest BCUT2D eigenvalue weighted by molar-refractivity contribution is 14.0. The Labute approximate surface area is 66.8 Å². The predicted molar refractivity (Wildman–Crippen MR) is 45.0 cm³/mol. The van der Waals surface area contributed by atoms with Crippen LogP contribution in [0.25, 0.3) is 0 Å². The lowest BCUT2D eigenvalue weighted by Gasteiger charge is -2.06. The average molecular weight is 226 g/mol. The summed E-state index contributed by atoms with van der Waals surface area (Å²) in [6, 6.07) is 0. The highest BCUT2D eigenvalue weighted by Crippen LogP contribution is 2.05. The second-order valence-electron chi connectivity index (χ2n) is 1.97. The predicted octanol–water partition coefficient (Wildman–Crippen LogP) is 1.31. The molecule has 2 nitrogen and oxygen atoms in total. The van der Waals surface area contributed by atoms with Crippen LogP contribution in [0.5, 0.6) is 0 Å². The lowest BCUT2D eigenvalue weighted by Crippen LogP contribution is -2.17. The zero-order valence-electron chi connectivity index (χ0n) is 4.98. The fourth-order valence-electron chi connectivity index (χ4n) is 0.809. The molecule has 0 atom stereocenters. The minimum Gasteiger partial charge on any atom is -0.364 e. The van der Waals surface area contributed by atoms with Crippen molar-refractivity contribution in [3.63, 3.8) is 0 Å². The number of likely N-dealkylation sites (tertiary alicyclic amines) is 1. The van der Waals surface area contributed by atoms with Crippen LogP contribution in [0.2, 0.25) is 0 Å². The van der Waals surface area contributed by atoms with Crippen molar-refractivity contribution in [1.29, 1.82) is 5.41 Å². The van der Waals surface area contributed by atoms with Gasteiger partial charge in [0.15, 0.2) is 0 Å². The van der Waals surface area contributed by atoms with Gasteiger partial charge in [0, 0.05) is 20.0 Å². The van der Waals surface area contributed by atoms with Crippen molar-refractivity contribution in [2.75, 3.05) is 13.6 Å². The van der Waals surface area contributed by atoms with E-state index in [2.05, 4.69) is 0 Å². The first-order valence-electron chi connectivity index (χ1n) is 2.59.